The number of nitrogens with zero attached hydrogens (tertiary/aromatic N) is 1. The van der Waals surface area contributed by atoms with Gasteiger partial charge in [-0.15, -0.1) is 0 Å². The zero-order chi connectivity index (χ0) is 15.6. The maximum atomic E-state index is 5.93. The Hall–Kier alpha value is -1.36. The third kappa shape index (κ3) is 5.44. The molecule has 0 saturated carbocycles. The molecule has 1 aromatic heterocycles. The lowest BCUT2D eigenvalue weighted by Crippen LogP contribution is -2.16. The molecule has 5 heteroatoms. The Kier molecular flexibility index (Phi) is 7.43. The highest BCUT2D eigenvalue weighted by Crippen LogP contribution is 2.22. The lowest BCUT2D eigenvalue weighted by molar-refractivity contribution is 0.129. The maximum Gasteiger partial charge on any atom is 0.0695 e. The minimum Gasteiger partial charge on any atom is -0.381 e. The van der Waals surface area contributed by atoms with Crippen molar-refractivity contribution in [3.8, 4) is 11.3 Å². The van der Waals surface area contributed by atoms with Crippen LogP contribution in [0.5, 0.6) is 0 Å². The molecule has 2 aromatic rings. The smallest absolute Gasteiger partial charge is 0.0695 e. The number of ether oxygens (including phenoxy) is 1. The summed E-state index contributed by atoms with van der Waals surface area (Å²) < 4.78 is 5.54. The van der Waals surface area contributed by atoms with Crippen molar-refractivity contribution in [2.24, 2.45) is 0 Å². The third-order valence-electron chi connectivity index (χ3n) is 3.45. The van der Waals surface area contributed by atoms with E-state index in [4.69, 9.17) is 16.3 Å². The van der Waals surface area contributed by atoms with Crippen LogP contribution in [0.4, 0.5) is 0 Å². The van der Waals surface area contributed by atoms with Crippen molar-refractivity contribution in [2.75, 3.05) is 19.8 Å². The number of nitrogens with one attached hydrogen (secondary N) is 2. The predicted molar refractivity (Wildman–Crippen MR) is 91.1 cm³/mol. The molecule has 0 atom stereocenters. The van der Waals surface area contributed by atoms with E-state index in [1.54, 1.807) is 0 Å². The van der Waals surface area contributed by atoms with Crippen LogP contribution < -0.4 is 5.32 Å². The van der Waals surface area contributed by atoms with Gasteiger partial charge in [0.2, 0.25) is 0 Å². The van der Waals surface area contributed by atoms with Gasteiger partial charge in [-0.1, -0.05) is 37.1 Å². The molecule has 0 fully saturated rings. The van der Waals surface area contributed by atoms with Gasteiger partial charge in [0, 0.05) is 30.3 Å². The van der Waals surface area contributed by atoms with Gasteiger partial charge in [0.25, 0.3) is 0 Å². The summed E-state index contributed by atoms with van der Waals surface area (Å²) in [6.07, 6.45) is 5.23. The summed E-state index contributed by atoms with van der Waals surface area (Å²) in [6.45, 7) is 5.61. The van der Waals surface area contributed by atoms with Crippen molar-refractivity contribution >= 4 is 11.6 Å². The summed E-state index contributed by atoms with van der Waals surface area (Å²) in [5, 5.41) is 11.4. The Balaban J connectivity index is 1.73. The summed E-state index contributed by atoms with van der Waals surface area (Å²) in [7, 11) is 0. The molecule has 0 aliphatic rings. The van der Waals surface area contributed by atoms with Gasteiger partial charge in [-0.2, -0.15) is 5.10 Å². The molecule has 1 heterocycles. The second kappa shape index (κ2) is 9.62. The standard InChI is InChI=1S/C17H24ClN3O/c1-2-3-10-22-11-4-9-19-12-15-13-20-21-17(15)14-5-7-16(18)8-6-14/h5-8,13,19H,2-4,9-12H2,1H3,(H,20,21). The average molecular weight is 322 g/mol. The largest absolute Gasteiger partial charge is 0.381 e. The van der Waals surface area contributed by atoms with E-state index >= 15 is 0 Å². The molecule has 0 unspecified atom stereocenters. The van der Waals surface area contributed by atoms with Crippen LogP contribution in [-0.2, 0) is 11.3 Å². The number of unbranched alkanes of at least 4 members (excludes halogenated alkanes) is 1. The van der Waals surface area contributed by atoms with Gasteiger partial charge in [-0.05, 0) is 37.1 Å². The first kappa shape index (κ1) is 17.0. The van der Waals surface area contributed by atoms with Crippen molar-refractivity contribution in [3.63, 3.8) is 0 Å². The van der Waals surface area contributed by atoms with Crippen LogP contribution in [0.25, 0.3) is 11.3 Å². The monoisotopic (exact) mass is 321 g/mol. The van der Waals surface area contributed by atoms with Crippen LogP contribution in [0, 0.1) is 0 Å². The minimum atomic E-state index is 0.742. The van der Waals surface area contributed by atoms with E-state index in [2.05, 4.69) is 22.4 Å². The first-order chi connectivity index (χ1) is 10.8. The van der Waals surface area contributed by atoms with Crippen LogP contribution in [0.2, 0.25) is 5.02 Å². The second-order valence-electron chi connectivity index (χ2n) is 5.27. The lowest BCUT2D eigenvalue weighted by Gasteiger charge is -2.07. The van der Waals surface area contributed by atoms with Crippen LogP contribution >= 0.6 is 11.6 Å². The van der Waals surface area contributed by atoms with Gasteiger partial charge in [-0.25, -0.2) is 0 Å². The van der Waals surface area contributed by atoms with Crippen LogP contribution in [0.15, 0.2) is 30.5 Å². The number of benzene rings is 1. The van der Waals surface area contributed by atoms with Gasteiger partial charge in [0.1, 0.15) is 0 Å². The molecule has 2 N–H and O–H groups in total. The van der Waals surface area contributed by atoms with Gasteiger partial charge in [0.15, 0.2) is 0 Å². The highest BCUT2D eigenvalue weighted by Gasteiger charge is 2.07. The van der Waals surface area contributed by atoms with Gasteiger partial charge in [0.05, 0.1) is 11.9 Å². The molecule has 0 bridgehead atoms. The van der Waals surface area contributed by atoms with E-state index < -0.39 is 0 Å². The van der Waals surface area contributed by atoms with Crippen LogP contribution in [0.1, 0.15) is 31.7 Å². The van der Waals surface area contributed by atoms with Crippen molar-refractivity contribution in [1.82, 2.24) is 15.5 Å². The topological polar surface area (TPSA) is 49.9 Å². The number of hydrogen-bond donors (Lipinski definition) is 2. The molecule has 2 rings (SSSR count). The number of hydrogen-bond acceptors (Lipinski definition) is 3. The Labute approximate surface area is 137 Å². The zero-order valence-electron chi connectivity index (χ0n) is 13.1. The molecule has 0 aliphatic carbocycles. The van der Waals surface area contributed by atoms with E-state index in [0.717, 1.165) is 61.0 Å². The van der Waals surface area contributed by atoms with Gasteiger partial charge in [-0.3, -0.25) is 5.10 Å². The number of aromatic nitrogens is 2. The highest BCUT2D eigenvalue weighted by molar-refractivity contribution is 6.30. The molecular weight excluding hydrogens is 298 g/mol. The van der Waals surface area contributed by atoms with E-state index in [1.807, 2.05) is 30.5 Å². The lowest BCUT2D eigenvalue weighted by atomic mass is 10.1. The molecule has 4 nitrogen and oxygen atoms in total. The molecular formula is C17H24ClN3O. The average Bonchev–Trinajstić information content (AvgIpc) is 2.99. The molecule has 0 amide bonds. The Morgan fingerprint density at radius 2 is 1.95 bits per heavy atom. The summed E-state index contributed by atoms with van der Waals surface area (Å²) >= 11 is 5.93. The van der Waals surface area contributed by atoms with Crippen molar-refractivity contribution < 1.29 is 4.74 Å². The fraction of sp³-hybridized carbons (Fsp3) is 0.471. The Bertz CT molecular complexity index is 539. The molecule has 120 valence electrons. The molecule has 22 heavy (non-hydrogen) atoms. The fourth-order valence-electron chi connectivity index (χ4n) is 2.18. The van der Waals surface area contributed by atoms with E-state index in [1.165, 1.54) is 6.42 Å². The summed E-state index contributed by atoms with van der Waals surface area (Å²) in [4.78, 5) is 0. The summed E-state index contributed by atoms with van der Waals surface area (Å²) in [5.74, 6) is 0. The van der Waals surface area contributed by atoms with Crippen molar-refractivity contribution in [1.29, 1.82) is 0 Å². The molecule has 0 saturated heterocycles. The second-order valence-corrected chi connectivity index (χ2v) is 5.71. The normalized spacial score (nSPS) is 11.0. The number of H-pyrrole nitrogens is 1. The van der Waals surface area contributed by atoms with Crippen LogP contribution in [0.3, 0.4) is 0 Å². The quantitative estimate of drug-likeness (QED) is 0.650. The van der Waals surface area contributed by atoms with Gasteiger partial charge >= 0.3 is 0 Å². The third-order valence-corrected chi connectivity index (χ3v) is 3.70. The van der Waals surface area contributed by atoms with Gasteiger partial charge < -0.3 is 10.1 Å². The van der Waals surface area contributed by atoms with E-state index in [0.29, 0.717) is 0 Å². The highest BCUT2D eigenvalue weighted by atomic mass is 35.5. The fourth-order valence-corrected chi connectivity index (χ4v) is 2.31. The van der Waals surface area contributed by atoms with Crippen molar-refractivity contribution in [3.05, 3.63) is 41.0 Å². The Morgan fingerprint density at radius 1 is 1.18 bits per heavy atom. The van der Waals surface area contributed by atoms with E-state index in [-0.39, 0.29) is 0 Å². The van der Waals surface area contributed by atoms with Crippen molar-refractivity contribution in [2.45, 2.75) is 32.7 Å². The SMILES string of the molecule is CCCCOCCCNCc1cn[nH]c1-c1ccc(Cl)cc1. The number of aromatic amines is 1. The summed E-state index contributed by atoms with van der Waals surface area (Å²) in [6, 6.07) is 7.78. The molecule has 0 spiro atoms. The van der Waals surface area contributed by atoms with Crippen LogP contribution in [-0.4, -0.2) is 30.0 Å². The first-order valence-electron chi connectivity index (χ1n) is 7.88. The maximum absolute atomic E-state index is 5.93. The number of halogens is 1. The first-order valence-corrected chi connectivity index (χ1v) is 8.25. The zero-order valence-corrected chi connectivity index (χ0v) is 13.8. The molecule has 0 radical (unpaired) electrons. The number of rotatable bonds is 10. The minimum absolute atomic E-state index is 0.742. The molecule has 1 aromatic carbocycles. The molecule has 0 aliphatic heterocycles. The predicted octanol–water partition coefficient (Wildman–Crippen LogP) is 4.03. The Morgan fingerprint density at radius 3 is 2.73 bits per heavy atom. The summed E-state index contributed by atoms with van der Waals surface area (Å²) in [5.41, 5.74) is 3.30. The van der Waals surface area contributed by atoms with E-state index in [9.17, 15) is 0 Å².